The van der Waals surface area contributed by atoms with Gasteiger partial charge in [-0.25, -0.2) is 4.98 Å². The Kier molecular flexibility index (Phi) is 4.58. The van der Waals surface area contributed by atoms with E-state index in [-0.39, 0.29) is 0 Å². The molecule has 5 nitrogen and oxygen atoms in total. The van der Waals surface area contributed by atoms with Crippen LogP contribution in [-0.2, 0) is 0 Å². The van der Waals surface area contributed by atoms with Crippen molar-refractivity contribution in [2.45, 2.75) is 6.42 Å². The van der Waals surface area contributed by atoms with Gasteiger partial charge in [0.1, 0.15) is 5.69 Å². The predicted octanol–water partition coefficient (Wildman–Crippen LogP) is 2.14. The van der Waals surface area contributed by atoms with Crippen LogP contribution in [0, 0.1) is 11.8 Å². The summed E-state index contributed by atoms with van der Waals surface area (Å²) in [6.45, 7) is 0.382. The van der Waals surface area contributed by atoms with Gasteiger partial charge in [-0.15, -0.1) is 0 Å². The second-order valence-corrected chi connectivity index (χ2v) is 2.57. The summed E-state index contributed by atoms with van der Waals surface area (Å²) in [5.74, 6) is 6.25. The summed E-state index contributed by atoms with van der Waals surface area (Å²) >= 11 is 0. The first kappa shape index (κ1) is 10.9. The lowest BCUT2D eigenvalue weighted by Gasteiger charge is -1.96. The van der Waals surface area contributed by atoms with Crippen LogP contribution in [0.5, 0.6) is 5.88 Å². The molecule has 0 fully saturated rings. The number of azide groups is 1. The fourth-order valence-corrected chi connectivity index (χ4v) is 0.902. The van der Waals surface area contributed by atoms with Gasteiger partial charge in [0, 0.05) is 23.9 Å². The van der Waals surface area contributed by atoms with E-state index in [1.165, 1.54) is 0 Å². The number of hydrogen-bond donors (Lipinski definition) is 0. The molecule has 0 amide bonds. The molecular weight excluding hydrogens is 192 g/mol. The molecule has 0 saturated carbocycles. The molecule has 0 spiro atoms. The molecule has 0 aliphatic heterocycles. The van der Waals surface area contributed by atoms with Gasteiger partial charge in [0.15, 0.2) is 0 Å². The molecule has 0 aromatic carbocycles. The second-order valence-electron chi connectivity index (χ2n) is 2.57. The summed E-state index contributed by atoms with van der Waals surface area (Å²) in [5, 5.41) is 3.37. The van der Waals surface area contributed by atoms with E-state index in [0.717, 1.165) is 0 Å². The molecule has 76 valence electrons. The normalized spacial score (nSPS) is 8.33. The molecule has 1 rings (SSSR count). The Hall–Kier alpha value is -2.18. The third kappa shape index (κ3) is 4.03. The molecule has 1 aromatic heterocycles. The fourth-order valence-electron chi connectivity index (χ4n) is 0.902. The zero-order valence-corrected chi connectivity index (χ0v) is 8.34. The Labute approximate surface area is 87.7 Å². The third-order valence-electron chi connectivity index (χ3n) is 1.55. The Morgan fingerprint density at radius 2 is 2.47 bits per heavy atom. The van der Waals surface area contributed by atoms with Crippen LogP contribution in [0.4, 0.5) is 0 Å². The SMILES string of the molecule is COc1cccc(C#CCCN=[N+]=[N-])n1. The third-order valence-corrected chi connectivity index (χ3v) is 1.55. The maximum absolute atomic E-state index is 8.03. The molecule has 0 aliphatic carbocycles. The van der Waals surface area contributed by atoms with Gasteiger partial charge in [-0.3, -0.25) is 0 Å². The number of hydrogen-bond acceptors (Lipinski definition) is 3. The van der Waals surface area contributed by atoms with Crippen molar-refractivity contribution >= 4 is 0 Å². The van der Waals surface area contributed by atoms with Gasteiger partial charge >= 0.3 is 0 Å². The number of methoxy groups -OCH3 is 1. The number of aromatic nitrogens is 1. The second kappa shape index (κ2) is 6.30. The Balaban J connectivity index is 2.58. The van der Waals surface area contributed by atoms with Crippen molar-refractivity contribution in [3.05, 3.63) is 34.3 Å². The molecule has 15 heavy (non-hydrogen) atoms. The van der Waals surface area contributed by atoms with Crippen molar-refractivity contribution in [2.75, 3.05) is 13.7 Å². The van der Waals surface area contributed by atoms with Crippen LogP contribution in [0.25, 0.3) is 10.4 Å². The minimum absolute atomic E-state index is 0.382. The van der Waals surface area contributed by atoms with Crippen LogP contribution >= 0.6 is 0 Å². The highest BCUT2D eigenvalue weighted by Gasteiger charge is 1.92. The summed E-state index contributed by atoms with van der Waals surface area (Å²) in [6, 6.07) is 5.37. The fraction of sp³-hybridized carbons (Fsp3) is 0.300. The molecule has 5 heteroatoms. The lowest BCUT2D eigenvalue weighted by molar-refractivity contribution is 0.397. The molecule has 0 bridgehead atoms. The first-order chi connectivity index (χ1) is 7.36. The van der Waals surface area contributed by atoms with Crippen molar-refractivity contribution in [3.63, 3.8) is 0 Å². The Morgan fingerprint density at radius 3 is 3.20 bits per heavy atom. The van der Waals surface area contributed by atoms with Crippen molar-refractivity contribution in [1.82, 2.24) is 4.98 Å². The first-order valence-electron chi connectivity index (χ1n) is 4.37. The van der Waals surface area contributed by atoms with E-state index in [4.69, 9.17) is 10.3 Å². The summed E-state index contributed by atoms with van der Waals surface area (Å²) in [4.78, 5) is 6.74. The van der Waals surface area contributed by atoms with E-state index in [2.05, 4.69) is 26.9 Å². The van der Waals surface area contributed by atoms with E-state index < -0.39 is 0 Å². The standard InChI is InChI=1S/C10H10N4O/c1-15-10-7-4-6-9(13-10)5-2-3-8-12-14-11/h4,6-7H,3,8H2,1H3. The highest BCUT2D eigenvalue weighted by Crippen LogP contribution is 2.05. The van der Waals surface area contributed by atoms with E-state index >= 15 is 0 Å². The molecule has 1 heterocycles. The minimum atomic E-state index is 0.382. The van der Waals surface area contributed by atoms with Gasteiger partial charge in [-0.05, 0) is 17.5 Å². The van der Waals surface area contributed by atoms with Crippen molar-refractivity contribution in [2.24, 2.45) is 5.11 Å². The highest BCUT2D eigenvalue weighted by molar-refractivity contribution is 5.30. The van der Waals surface area contributed by atoms with Crippen molar-refractivity contribution in [3.8, 4) is 17.7 Å². The smallest absolute Gasteiger partial charge is 0.214 e. The number of pyridine rings is 1. The van der Waals surface area contributed by atoms with Crippen molar-refractivity contribution in [1.29, 1.82) is 0 Å². The Morgan fingerprint density at radius 1 is 1.60 bits per heavy atom. The van der Waals surface area contributed by atoms with E-state index in [1.54, 1.807) is 19.2 Å². The zero-order chi connectivity index (χ0) is 10.9. The average molecular weight is 202 g/mol. The van der Waals surface area contributed by atoms with Gasteiger partial charge in [0.05, 0.1) is 7.11 Å². The quantitative estimate of drug-likeness (QED) is 0.247. The van der Waals surface area contributed by atoms with Gasteiger partial charge in [-0.1, -0.05) is 17.1 Å². The summed E-state index contributed by atoms with van der Waals surface area (Å²) < 4.78 is 4.95. The Bertz CT molecular complexity index is 427. The number of nitrogens with zero attached hydrogens (tertiary/aromatic N) is 4. The highest BCUT2D eigenvalue weighted by atomic mass is 16.5. The maximum atomic E-state index is 8.03. The van der Waals surface area contributed by atoms with Gasteiger partial charge in [-0.2, -0.15) is 0 Å². The monoisotopic (exact) mass is 202 g/mol. The molecule has 1 aromatic rings. The molecule has 0 radical (unpaired) electrons. The van der Waals surface area contributed by atoms with Crippen LogP contribution in [0.1, 0.15) is 12.1 Å². The number of ether oxygens (including phenoxy) is 1. The van der Waals surface area contributed by atoms with Crippen LogP contribution < -0.4 is 4.74 Å². The largest absolute Gasteiger partial charge is 0.481 e. The van der Waals surface area contributed by atoms with E-state index in [9.17, 15) is 0 Å². The molecular formula is C10H10N4O. The summed E-state index contributed by atoms with van der Waals surface area (Å²) in [5.41, 5.74) is 8.68. The van der Waals surface area contributed by atoms with Gasteiger partial charge in [0.2, 0.25) is 5.88 Å². The minimum Gasteiger partial charge on any atom is -0.481 e. The molecule has 0 atom stereocenters. The lowest BCUT2D eigenvalue weighted by atomic mass is 10.3. The molecule has 0 unspecified atom stereocenters. The number of rotatable bonds is 3. The predicted molar refractivity (Wildman–Crippen MR) is 56.3 cm³/mol. The molecule has 0 aliphatic rings. The zero-order valence-electron chi connectivity index (χ0n) is 8.34. The van der Waals surface area contributed by atoms with Crippen LogP contribution in [0.2, 0.25) is 0 Å². The average Bonchev–Trinajstić information content (AvgIpc) is 2.29. The molecule has 0 saturated heterocycles. The topological polar surface area (TPSA) is 70.9 Å². The van der Waals surface area contributed by atoms with Crippen LogP contribution in [0.15, 0.2) is 23.3 Å². The van der Waals surface area contributed by atoms with E-state index in [0.29, 0.717) is 24.5 Å². The maximum Gasteiger partial charge on any atom is 0.214 e. The van der Waals surface area contributed by atoms with E-state index in [1.807, 2.05) is 6.07 Å². The molecule has 0 N–H and O–H groups in total. The lowest BCUT2D eigenvalue weighted by Crippen LogP contribution is -1.89. The van der Waals surface area contributed by atoms with Crippen LogP contribution in [0.3, 0.4) is 0 Å². The summed E-state index contributed by atoms with van der Waals surface area (Å²) in [6.07, 6.45) is 0.531. The van der Waals surface area contributed by atoms with Gasteiger partial charge < -0.3 is 4.74 Å². The first-order valence-corrected chi connectivity index (χ1v) is 4.37. The van der Waals surface area contributed by atoms with Crippen LogP contribution in [-0.4, -0.2) is 18.6 Å². The van der Waals surface area contributed by atoms with Crippen molar-refractivity contribution < 1.29 is 4.74 Å². The summed E-state index contributed by atoms with van der Waals surface area (Å²) in [7, 11) is 1.56. The van der Waals surface area contributed by atoms with Gasteiger partial charge in [0.25, 0.3) is 0 Å².